The van der Waals surface area contributed by atoms with Crippen molar-refractivity contribution in [1.29, 1.82) is 0 Å². The quantitative estimate of drug-likeness (QED) is 0.193. The van der Waals surface area contributed by atoms with E-state index in [0.29, 0.717) is 37.2 Å². The zero-order valence-corrected chi connectivity index (χ0v) is 28.4. The van der Waals surface area contributed by atoms with Crippen LogP contribution in [0, 0.1) is 17.8 Å². The van der Waals surface area contributed by atoms with Crippen molar-refractivity contribution in [3.8, 4) is 5.75 Å². The molecule has 7 nitrogen and oxygen atoms in total. The highest BCUT2D eigenvalue weighted by Crippen LogP contribution is 2.42. The number of halogens is 1. The van der Waals surface area contributed by atoms with E-state index in [9.17, 15) is 9.00 Å². The molecular weight excluding hydrogens is 596 g/mol. The van der Waals surface area contributed by atoms with Gasteiger partial charge in [0, 0.05) is 36.2 Å². The number of nitrogens with one attached hydrogen (secondary N) is 1. The summed E-state index contributed by atoms with van der Waals surface area (Å²) < 4.78 is 27.8. The fourth-order valence-corrected chi connectivity index (χ4v) is 7.78. The molecular formula is C35H51ClN2O5S. The summed E-state index contributed by atoms with van der Waals surface area (Å²) in [6, 6.07) is 11.8. The Hall–Kier alpha value is -2.13. The molecule has 44 heavy (non-hydrogen) atoms. The number of aliphatic hydroxyl groups is 1. The van der Waals surface area contributed by atoms with E-state index in [4.69, 9.17) is 26.2 Å². The number of aliphatic hydroxyl groups excluding tert-OH is 1. The van der Waals surface area contributed by atoms with Crippen molar-refractivity contribution in [3.05, 3.63) is 58.1 Å². The number of amides is 1. The molecule has 1 heterocycles. The van der Waals surface area contributed by atoms with Gasteiger partial charge in [0.2, 0.25) is 0 Å². The molecule has 0 bridgehead atoms. The molecule has 4 rings (SSSR count). The van der Waals surface area contributed by atoms with Crippen LogP contribution < -0.4 is 14.4 Å². The zero-order valence-electron chi connectivity index (χ0n) is 26.9. The number of carbonyl (C=O) groups excluding carboxylic acids is 1. The van der Waals surface area contributed by atoms with Crippen molar-refractivity contribution in [2.75, 3.05) is 44.4 Å². The summed E-state index contributed by atoms with van der Waals surface area (Å²) in [7, 11) is -1.47. The number of rotatable bonds is 16. The second-order valence-electron chi connectivity index (χ2n) is 12.6. The lowest BCUT2D eigenvalue weighted by atomic mass is 9.71. The van der Waals surface area contributed by atoms with Crippen LogP contribution in [-0.2, 0) is 22.1 Å². The number of aryl methyl sites for hydroxylation is 1. The van der Waals surface area contributed by atoms with E-state index >= 15 is 0 Å². The minimum absolute atomic E-state index is 0.0466. The Balaban J connectivity index is 1.58. The number of anilines is 1. The second kappa shape index (κ2) is 17.0. The van der Waals surface area contributed by atoms with E-state index in [1.54, 1.807) is 6.07 Å². The Morgan fingerprint density at radius 3 is 2.64 bits per heavy atom. The van der Waals surface area contributed by atoms with Crippen molar-refractivity contribution < 1.29 is 23.6 Å². The van der Waals surface area contributed by atoms with Crippen molar-refractivity contribution >= 4 is 34.2 Å². The number of carbonyl (C=O) groups is 1. The maximum Gasteiger partial charge on any atom is 0.263 e. The van der Waals surface area contributed by atoms with E-state index in [1.807, 2.05) is 25.1 Å². The van der Waals surface area contributed by atoms with Crippen LogP contribution in [0.15, 0.2) is 36.4 Å². The van der Waals surface area contributed by atoms with E-state index in [0.717, 1.165) is 68.1 Å². The molecule has 0 spiro atoms. The maximum atomic E-state index is 13.4. The fourth-order valence-electron chi connectivity index (χ4n) is 6.54. The number of ether oxygens (including phenoxy) is 2. The first-order valence-corrected chi connectivity index (χ1v) is 18.0. The van der Waals surface area contributed by atoms with Crippen molar-refractivity contribution in [3.63, 3.8) is 0 Å². The molecule has 2 aromatic carbocycles. The van der Waals surface area contributed by atoms with Crippen molar-refractivity contribution in [2.45, 2.75) is 83.8 Å². The number of fused-ring (bicyclic) bond motifs is 1. The van der Waals surface area contributed by atoms with Gasteiger partial charge in [-0.1, -0.05) is 51.3 Å². The Bertz CT molecular complexity index is 1260. The number of nitrogens with zero attached hydrogens (tertiary/aromatic N) is 1. The van der Waals surface area contributed by atoms with Crippen LogP contribution in [0.3, 0.4) is 0 Å². The number of hydrogen-bond donors (Lipinski definition) is 2. The largest absolute Gasteiger partial charge is 0.491 e. The second-order valence-corrected chi connectivity index (χ2v) is 14.6. The highest BCUT2D eigenvalue weighted by molar-refractivity contribution is 7.84. The van der Waals surface area contributed by atoms with Crippen LogP contribution >= 0.6 is 11.6 Å². The van der Waals surface area contributed by atoms with Crippen LogP contribution in [0.5, 0.6) is 5.75 Å². The number of hydrogen-bond acceptors (Lipinski definition) is 6. The van der Waals surface area contributed by atoms with Gasteiger partial charge in [-0.25, -0.2) is 4.21 Å². The van der Waals surface area contributed by atoms with Gasteiger partial charge in [-0.05, 0) is 98.2 Å². The SMILES string of the molecule is CCCc1cc(Cl)ccc1C1COc2ccc(C(=O)NS(=O)C(C)C(C)CCC)cc2N(CC2CCC2CCOCCO)C1. The van der Waals surface area contributed by atoms with Crippen molar-refractivity contribution in [2.24, 2.45) is 17.8 Å². The first kappa shape index (κ1) is 34.7. The topological polar surface area (TPSA) is 88.1 Å². The summed E-state index contributed by atoms with van der Waals surface area (Å²) in [6.07, 6.45) is 7.28. The Labute approximate surface area is 271 Å². The van der Waals surface area contributed by atoms with Crippen LogP contribution in [-0.4, -0.2) is 60.0 Å². The molecule has 244 valence electrons. The third kappa shape index (κ3) is 8.99. The summed E-state index contributed by atoms with van der Waals surface area (Å²) in [5.41, 5.74) is 3.92. The molecule has 1 fully saturated rings. The van der Waals surface area contributed by atoms with Gasteiger partial charge in [0.25, 0.3) is 5.91 Å². The molecule has 1 saturated carbocycles. The van der Waals surface area contributed by atoms with Crippen LogP contribution in [0.1, 0.15) is 93.6 Å². The highest BCUT2D eigenvalue weighted by Gasteiger charge is 2.35. The van der Waals surface area contributed by atoms with Gasteiger partial charge >= 0.3 is 0 Å². The number of benzene rings is 2. The molecule has 1 aliphatic heterocycles. The predicted molar refractivity (Wildman–Crippen MR) is 180 cm³/mol. The van der Waals surface area contributed by atoms with Gasteiger partial charge < -0.3 is 19.5 Å². The lowest BCUT2D eigenvalue weighted by Gasteiger charge is -2.41. The molecule has 1 amide bonds. The third-order valence-corrected chi connectivity index (χ3v) is 11.2. The molecule has 2 N–H and O–H groups in total. The van der Waals surface area contributed by atoms with Crippen LogP contribution in [0.2, 0.25) is 5.02 Å². The van der Waals surface area contributed by atoms with Gasteiger partial charge in [0.05, 0.1) is 30.8 Å². The smallest absolute Gasteiger partial charge is 0.263 e. The van der Waals surface area contributed by atoms with E-state index in [2.05, 4.69) is 42.5 Å². The molecule has 2 aliphatic rings. The normalized spacial score (nSPS) is 21.8. The van der Waals surface area contributed by atoms with Gasteiger partial charge in [-0.2, -0.15) is 0 Å². The summed E-state index contributed by atoms with van der Waals surface area (Å²) in [4.78, 5) is 15.8. The average molecular weight is 647 g/mol. The van der Waals surface area contributed by atoms with Crippen LogP contribution in [0.25, 0.3) is 0 Å². The lowest BCUT2D eigenvalue weighted by molar-refractivity contribution is 0.0595. The van der Waals surface area contributed by atoms with Gasteiger partial charge in [0.15, 0.2) is 0 Å². The third-order valence-electron chi connectivity index (χ3n) is 9.48. The average Bonchev–Trinajstić information content (AvgIpc) is 3.18. The van der Waals surface area contributed by atoms with Gasteiger partial charge in [-0.3, -0.25) is 9.52 Å². The molecule has 6 unspecified atom stereocenters. The summed E-state index contributed by atoms with van der Waals surface area (Å²) in [5.74, 6) is 1.90. The monoisotopic (exact) mass is 646 g/mol. The summed E-state index contributed by atoms with van der Waals surface area (Å²) in [5, 5.41) is 9.68. The van der Waals surface area contributed by atoms with Crippen LogP contribution in [0.4, 0.5) is 5.69 Å². The van der Waals surface area contributed by atoms with Crippen molar-refractivity contribution in [1.82, 2.24) is 4.72 Å². The predicted octanol–water partition coefficient (Wildman–Crippen LogP) is 6.92. The molecule has 6 atom stereocenters. The molecule has 0 aromatic heterocycles. The van der Waals surface area contributed by atoms with E-state index < -0.39 is 11.0 Å². The lowest BCUT2D eigenvalue weighted by Crippen LogP contribution is -2.40. The van der Waals surface area contributed by atoms with Gasteiger partial charge in [0.1, 0.15) is 16.7 Å². The minimum atomic E-state index is -1.47. The first-order chi connectivity index (χ1) is 21.2. The maximum absolute atomic E-state index is 13.4. The highest BCUT2D eigenvalue weighted by atomic mass is 35.5. The molecule has 0 radical (unpaired) electrons. The molecule has 9 heteroatoms. The minimum Gasteiger partial charge on any atom is -0.491 e. The summed E-state index contributed by atoms with van der Waals surface area (Å²) in [6.45, 7) is 11.6. The Morgan fingerprint density at radius 1 is 1.14 bits per heavy atom. The Kier molecular flexibility index (Phi) is 13.4. The van der Waals surface area contributed by atoms with E-state index in [-0.39, 0.29) is 29.6 Å². The standard InChI is InChI=1S/C35H51ClN2O5S/c1-5-7-24(3)25(4)44(41)37-35(40)28-11-14-34-33(20-28)38(21-29-10-9-26(29)15-17-42-18-16-39)22-30(23-43-34)32-13-12-31(36)19-27(32)8-6-2/h11-14,19-20,24-26,29-30,39H,5-10,15-18,21-23H2,1-4H3,(H,37,40). The Morgan fingerprint density at radius 2 is 1.93 bits per heavy atom. The molecule has 2 aromatic rings. The molecule has 0 saturated heterocycles. The van der Waals surface area contributed by atoms with E-state index in [1.165, 1.54) is 17.5 Å². The van der Waals surface area contributed by atoms with Gasteiger partial charge in [-0.15, -0.1) is 0 Å². The fraction of sp³-hybridized carbons (Fsp3) is 0.629. The molecule has 1 aliphatic carbocycles. The first-order valence-electron chi connectivity index (χ1n) is 16.5. The summed E-state index contributed by atoms with van der Waals surface area (Å²) >= 11 is 6.41. The zero-order chi connectivity index (χ0) is 31.6.